The lowest BCUT2D eigenvalue weighted by Gasteiger charge is -2.09. The zero-order valence-corrected chi connectivity index (χ0v) is 16.3. The Bertz CT molecular complexity index is 571. The molecular formula is C12H21N5S4. The molecule has 1 rings (SSSR count). The first-order chi connectivity index (χ1) is 9.86. The average molecular weight is 364 g/mol. The van der Waals surface area contributed by atoms with E-state index in [1.54, 1.807) is 20.7 Å². The molecule has 0 saturated heterocycles. The van der Waals surface area contributed by atoms with E-state index in [9.17, 15) is 0 Å². The number of hydrogen-bond donors (Lipinski definition) is 0. The van der Waals surface area contributed by atoms with Gasteiger partial charge in [0.2, 0.25) is 9.60 Å². The van der Waals surface area contributed by atoms with Crippen LogP contribution in [-0.2, 0) is 6.54 Å². The second kappa shape index (κ2) is 8.72. The summed E-state index contributed by atoms with van der Waals surface area (Å²) in [5.41, 5.74) is 0. The first-order valence-corrected chi connectivity index (χ1v) is 9.55. The third-order valence-electron chi connectivity index (χ3n) is 2.54. The second-order valence-electron chi connectivity index (χ2n) is 4.81. The van der Waals surface area contributed by atoms with Crippen LogP contribution in [0.15, 0.2) is 9.98 Å². The first-order valence-electron chi connectivity index (χ1n) is 6.58. The molecule has 0 aliphatic rings. The zero-order chi connectivity index (χ0) is 16.0. The van der Waals surface area contributed by atoms with E-state index in [2.05, 4.69) is 21.5 Å². The van der Waals surface area contributed by atoms with Gasteiger partial charge in [-0.05, 0) is 51.5 Å². The highest BCUT2D eigenvalue weighted by Crippen LogP contribution is 1.98. The summed E-state index contributed by atoms with van der Waals surface area (Å²) in [7, 11) is 10.7. The standard InChI is InChI=1S/C12H21N5S4/c1-6-7-8-17-11(13-9(18)15(2)3)20-21-12(17)14-10(19)16(4)5/h6-8H2,1-5H3. The van der Waals surface area contributed by atoms with Crippen LogP contribution in [0.5, 0.6) is 0 Å². The molecule has 1 aromatic rings. The summed E-state index contributed by atoms with van der Waals surface area (Å²) in [4.78, 5) is 14.4. The Hall–Kier alpha value is -0.640. The molecule has 0 aliphatic carbocycles. The first kappa shape index (κ1) is 18.4. The Labute approximate surface area is 143 Å². The molecule has 21 heavy (non-hydrogen) atoms. The molecule has 0 unspecified atom stereocenters. The lowest BCUT2D eigenvalue weighted by Crippen LogP contribution is -2.31. The number of aromatic nitrogens is 1. The van der Waals surface area contributed by atoms with Crippen molar-refractivity contribution in [2.24, 2.45) is 9.98 Å². The Kier molecular flexibility index (Phi) is 7.64. The third-order valence-corrected chi connectivity index (χ3v) is 5.60. The van der Waals surface area contributed by atoms with Crippen LogP contribution >= 0.6 is 45.1 Å². The monoisotopic (exact) mass is 363 g/mol. The fourth-order valence-electron chi connectivity index (χ4n) is 1.28. The number of thiocarbonyl (C=S) groups is 2. The highest BCUT2D eigenvalue weighted by molar-refractivity contribution is 7.80. The summed E-state index contributed by atoms with van der Waals surface area (Å²) in [5.74, 6) is 0. The summed E-state index contributed by atoms with van der Waals surface area (Å²) >= 11 is 10.5. The summed E-state index contributed by atoms with van der Waals surface area (Å²) in [6.07, 6.45) is 2.19. The SMILES string of the molecule is CCCCn1c(=NC(=S)N(C)C)ssc1=NC(=S)N(C)C. The molecular weight excluding hydrogens is 342 g/mol. The van der Waals surface area contributed by atoms with Crippen LogP contribution in [0.4, 0.5) is 0 Å². The van der Waals surface area contributed by atoms with Crippen molar-refractivity contribution < 1.29 is 0 Å². The Balaban J connectivity index is 3.32. The van der Waals surface area contributed by atoms with Gasteiger partial charge in [0.1, 0.15) is 0 Å². The molecule has 0 atom stereocenters. The van der Waals surface area contributed by atoms with E-state index in [1.165, 1.54) is 0 Å². The minimum atomic E-state index is 0.566. The van der Waals surface area contributed by atoms with E-state index >= 15 is 0 Å². The van der Waals surface area contributed by atoms with Gasteiger partial charge < -0.3 is 9.80 Å². The fourth-order valence-corrected chi connectivity index (χ4v) is 3.76. The number of nitrogens with zero attached hydrogens (tertiary/aromatic N) is 5. The van der Waals surface area contributed by atoms with E-state index in [-0.39, 0.29) is 0 Å². The average Bonchev–Trinajstić information content (AvgIpc) is 2.78. The van der Waals surface area contributed by atoms with Crippen LogP contribution in [0.3, 0.4) is 0 Å². The van der Waals surface area contributed by atoms with Crippen LogP contribution in [-0.4, -0.2) is 52.8 Å². The Morgan fingerprint density at radius 3 is 1.76 bits per heavy atom. The molecule has 0 bridgehead atoms. The van der Waals surface area contributed by atoms with Gasteiger partial charge in [0.05, 0.1) is 0 Å². The number of rotatable bonds is 3. The fraction of sp³-hybridized carbons (Fsp3) is 0.667. The van der Waals surface area contributed by atoms with Gasteiger partial charge in [0.25, 0.3) is 0 Å². The lowest BCUT2D eigenvalue weighted by atomic mass is 10.3. The molecule has 9 heteroatoms. The van der Waals surface area contributed by atoms with E-state index in [0.29, 0.717) is 10.2 Å². The van der Waals surface area contributed by atoms with Gasteiger partial charge in [0.15, 0.2) is 10.2 Å². The lowest BCUT2D eigenvalue weighted by molar-refractivity contribution is 0.589. The van der Waals surface area contributed by atoms with Gasteiger partial charge in [-0.25, -0.2) is 0 Å². The molecule has 0 amide bonds. The minimum Gasteiger partial charge on any atom is -0.353 e. The molecule has 0 aliphatic heterocycles. The zero-order valence-electron chi connectivity index (χ0n) is 13.0. The quantitative estimate of drug-likeness (QED) is 0.607. The third kappa shape index (κ3) is 5.57. The molecule has 0 spiro atoms. The van der Waals surface area contributed by atoms with Gasteiger partial charge in [-0.2, -0.15) is 9.98 Å². The molecule has 0 N–H and O–H groups in total. The van der Waals surface area contributed by atoms with Gasteiger partial charge in [-0.1, -0.05) is 13.3 Å². The predicted molar refractivity (Wildman–Crippen MR) is 98.8 cm³/mol. The van der Waals surface area contributed by atoms with Crippen LogP contribution < -0.4 is 9.60 Å². The normalized spacial score (nSPS) is 12.6. The largest absolute Gasteiger partial charge is 0.353 e. The van der Waals surface area contributed by atoms with Crippen LogP contribution in [0.25, 0.3) is 0 Å². The molecule has 0 fully saturated rings. The Morgan fingerprint density at radius 1 is 1.00 bits per heavy atom. The van der Waals surface area contributed by atoms with Crippen LogP contribution in [0.2, 0.25) is 0 Å². The van der Waals surface area contributed by atoms with Crippen LogP contribution in [0, 0.1) is 0 Å². The van der Waals surface area contributed by atoms with E-state index in [0.717, 1.165) is 29.0 Å². The predicted octanol–water partition coefficient (Wildman–Crippen LogP) is 1.91. The second-order valence-corrected chi connectivity index (χ2v) is 7.61. The summed E-state index contributed by atoms with van der Waals surface area (Å²) in [5, 5.41) is 1.13. The van der Waals surface area contributed by atoms with Crippen molar-refractivity contribution in [2.45, 2.75) is 26.3 Å². The summed E-state index contributed by atoms with van der Waals surface area (Å²) in [6.45, 7) is 3.04. The van der Waals surface area contributed by atoms with Crippen molar-refractivity contribution in [3.8, 4) is 0 Å². The molecule has 118 valence electrons. The van der Waals surface area contributed by atoms with Gasteiger partial charge >= 0.3 is 0 Å². The maximum atomic E-state index is 5.26. The number of unbranched alkanes of at least 4 members (excludes halogenated alkanes) is 1. The van der Waals surface area contributed by atoms with Crippen molar-refractivity contribution >= 4 is 55.3 Å². The minimum absolute atomic E-state index is 0.566. The van der Waals surface area contributed by atoms with Crippen molar-refractivity contribution in [1.29, 1.82) is 0 Å². The van der Waals surface area contributed by atoms with Crippen molar-refractivity contribution in [1.82, 2.24) is 14.4 Å². The van der Waals surface area contributed by atoms with E-state index < -0.39 is 0 Å². The summed E-state index contributed by atoms with van der Waals surface area (Å²) < 4.78 is 2.10. The van der Waals surface area contributed by atoms with E-state index in [1.807, 2.05) is 38.0 Å². The van der Waals surface area contributed by atoms with Crippen LogP contribution in [0.1, 0.15) is 19.8 Å². The maximum Gasteiger partial charge on any atom is 0.204 e. The highest BCUT2D eigenvalue weighted by Gasteiger charge is 2.05. The van der Waals surface area contributed by atoms with Crippen molar-refractivity contribution in [2.75, 3.05) is 28.2 Å². The molecule has 0 radical (unpaired) electrons. The smallest absolute Gasteiger partial charge is 0.204 e. The summed E-state index contributed by atoms with van der Waals surface area (Å²) in [6, 6.07) is 0. The van der Waals surface area contributed by atoms with Crippen molar-refractivity contribution in [3.63, 3.8) is 0 Å². The molecule has 1 heterocycles. The molecule has 0 saturated carbocycles. The Morgan fingerprint density at radius 2 is 1.43 bits per heavy atom. The van der Waals surface area contributed by atoms with Gasteiger partial charge in [-0.3, -0.25) is 4.57 Å². The molecule has 1 aromatic heterocycles. The highest BCUT2D eigenvalue weighted by atomic mass is 32.9. The number of hydrogen-bond acceptors (Lipinski definition) is 4. The molecule has 5 nitrogen and oxygen atoms in total. The topological polar surface area (TPSA) is 36.1 Å². The van der Waals surface area contributed by atoms with Crippen molar-refractivity contribution in [3.05, 3.63) is 9.60 Å². The van der Waals surface area contributed by atoms with Gasteiger partial charge in [-0.15, -0.1) is 0 Å². The molecule has 0 aromatic carbocycles. The maximum absolute atomic E-state index is 5.26. The van der Waals surface area contributed by atoms with E-state index in [4.69, 9.17) is 24.4 Å². The van der Waals surface area contributed by atoms with Gasteiger partial charge in [0, 0.05) is 34.7 Å².